The van der Waals surface area contributed by atoms with Crippen molar-refractivity contribution in [2.75, 3.05) is 0 Å². The van der Waals surface area contributed by atoms with Crippen LogP contribution in [-0.4, -0.2) is 45.7 Å². The Morgan fingerprint density at radius 3 is 2.61 bits per heavy atom. The van der Waals surface area contributed by atoms with Gasteiger partial charge in [0.15, 0.2) is 11.6 Å². The summed E-state index contributed by atoms with van der Waals surface area (Å²) in [4.78, 5) is 19.1. The van der Waals surface area contributed by atoms with Crippen LogP contribution in [0.1, 0.15) is 28.9 Å². The minimum absolute atomic E-state index is 0.0440. The van der Waals surface area contributed by atoms with E-state index >= 15 is 0 Å². The van der Waals surface area contributed by atoms with E-state index < -0.39 is 29.5 Å². The number of carboxylic acid groups (broad SMARTS) is 1. The van der Waals surface area contributed by atoms with E-state index in [9.17, 15) is 18.7 Å². The molecule has 3 aromatic heterocycles. The van der Waals surface area contributed by atoms with Crippen LogP contribution in [0.3, 0.4) is 0 Å². The van der Waals surface area contributed by atoms with E-state index in [0.29, 0.717) is 5.56 Å². The second-order valence-corrected chi connectivity index (χ2v) is 6.00. The monoisotopic (exact) mass is 386 g/mol. The van der Waals surface area contributed by atoms with Crippen LogP contribution in [0.4, 0.5) is 8.78 Å². The van der Waals surface area contributed by atoms with E-state index in [1.807, 2.05) is 0 Å². The van der Waals surface area contributed by atoms with Gasteiger partial charge in [-0.15, -0.1) is 0 Å². The number of rotatable bonds is 4. The number of nitrogens with zero attached hydrogens (tertiary/aromatic N) is 6. The van der Waals surface area contributed by atoms with Gasteiger partial charge in [0.05, 0.1) is 24.0 Å². The summed E-state index contributed by atoms with van der Waals surface area (Å²) in [7, 11) is 0. The predicted octanol–water partition coefficient (Wildman–Crippen LogP) is 2.30. The number of fused-ring (bicyclic) bond motifs is 1. The van der Waals surface area contributed by atoms with Crippen LogP contribution < -0.4 is 0 Å². The van der Waals surface area contributed by atoms with Crippen LogP contribution in [0.5, 0.6) is 5.88 Å². The molecule has 28 heavy (non-hydrogen) atoms. The molecule has 1 aromatic carbocycles. The second kappa shape index (κ2) is 6.37. The molecule has 0 amide bonds. The smallest absolute Gasteiger partial charge is 0.338 e. The van der Waals surface area contributed by atoms with E-state index in [2.05, 4.69) is 20.2 Å². The van der Waals surface area contributed by atoms with Crippen molar-refractivity contribution < 1.29 is 23.8 Å². The van der Waals surface area contributed by atoms with Gasteiger partial charge < -0.3 is 10.2 Å². The van der Waals surface area contributed by atoms with Crippen molar-refractivity contribution in [1.82, 2.24) is 29.5 Å². The minimum Gasteiger partial charge on any atom is -0.492 e. The Balaban J connectivity index is 1.77. The second-order valence-electron chi connectivity index (χ2n) is 6.00. The van der Waals surface area contributed by atoms with Crippen LogP contribution in [0.15, 0.2) is 36.8 Å². The number of hydrogen-bond acceptors (Lipinski definition) is 6. The van der Waals surface area contributed by atoms with Gasteiger partial charge in [0.25, 0.3) is 5.95 Å². The zero-order valence-corrected chi connectivity index (χ0v) is 14.3. The molecule has 4 aromatic rings. The highest BCUT2D eigenvalue weighted by Crippen LogP contribution is 2.28. The number of benzene rings is 1. The first-order chi connectivity index (χ1) is 13.3. The minimum atomic E-state index is -1.16. The van der Waals surface area contributed by atoms with Crippen molar-refractivity contribution in [2.45, 2.75) is 13.0 Å². The van der Waals surface area contributed by atoms with Gasteiger partial charge in [-0.05, 0) is 24.6 Å². The zero-order valence-electron chi connectivity index (χ0n) is 14.3. The number of aromatic hydroxyl groups is 1. The van der Waals surface area contributed by atoms with Crippen LogP contribution in [-0.2, 0) is 0 Å². The van der Waals surface area contributed by atoms with E-state index in [0.717, 1.165) is 23.0 Å². The first kappa shape index (κ1) is 17.5. The average molecular weight is 386 g/mol. The molecule has 1 atom stereocenters. The molecule has 2 N–H and O–H groups in total. The van der Waals surface area contributed by atoms with Gasteiger partial charge in [0.1, 0.15) is 11.0 Å². The van der Waals surface area contributed by atoms with E-state index in [4.69, 9.17) is 5.11 Å². The molecule has 0 fully saturated rings. The molecule has 0 unspecified atom stereocenters. The predicted molar refractivity (Wildman–Crippen MR) is 91.2 cm³/mol. The van der Waals surface area contributed by atoms with Crippen molar-refractivity contribution in [1.29, 1.82) is 0 Å². The number of halogens is 2. The highest BCUT2D eigenvalue weighted by molar-refractivity contribution is 5.87. The maximum Gasteiger partial charge on any atom is 0.338 e. The summed E-state index contributed by atoms with van der Waals surface area (Å²) in [6.45, 7) is 1.69. The fourth-order valence-corrected chi connectivity index (χ4v) is 2.78. The number of aromatic carboxylic acids is 1. The Morgan fingerprint density at radius 2 is 1.93 bits per heavy atom. The summed E-state index contributed by atoms with van der Waals surface area (Å²) in [5.41, 5.74) is 0.826. The third-order valence-electron chi connectivity index (χ3n) is 4.24. The first-order valence-corrected chi connectivity index (χ1v) is 8.02. The van der Waals surface area contributed by atoms with Gasteiger partial charge in [-0.3, -0.25) is 4.68 Å². The molecule has 4 rings (SSSR count). The van der Waals surface area contributed by atoms with Crippen LogP contribution in [0.2, 0.25) is 0 Å². The summed E-state index contributed by atoms with van der Waals surface area (Å²) >= 11 is 0. The molecular weight excluding hydrogens is 374 g/mol. The topological polar surface area (TPSA) is 119 Å². The van der Waals surface area contributed by atoms with Gasteiger partial charge in [-0.2, -0.15) is 15.2 Å². The molecule has 9 nitrogen and oxygen atoms in total. The Labute approximate surface area is 155 Å². The Bertz CT molecular complexity index is 1220. The molecular formula is C17H12F2N6O3. The normalized spacial score (nSPS) is 12.4. The third-order valence-corrected chi connectivity index (χ3v) is 4.24. The number of hydrogen-bond donors (Lipinski definition) is 2. The summed E-state index contributed by atoms with van der Waals surface area (Å²) in [6, 6.07) is 2.94. The first-order valence-electron chi connectivity index (χ1n) is 8.02. The fraction of sp³-hybridized carbons (Fsp3) is 0.118. The van der Waals surface area contributed by atoms with Gasteiger partial charge in [0, 0.05) is 6.20 Å². The van der Waals surface area contributed by atoms with Crippen molar-refractivity contribution in [3.05, 3.63) is 59.6 Å². The van der Waals surface area contributed by atoms with Gasteiger partial charge >= 0.3 is 5.97 Å². The van der Waals surface area contributed by atoms with E-state index in [1.54, 1.807) is 6.92 Å². The highest BCUT2D eigenvalue weighted by atomic mass is 19.2. The molecule has 0 aliphatic rings. The largest absolute Gasteiger partial charge is 0.492 e. The van der Waals surface area contributed by atoms with Crippen LogP contribution >= 0.6 is 0 Å². The molecule has 11 heteroatoms. The molecule has 142 valence electrons. The molecule has 0 saturated carbocycles. The van der Waals surface area contributed by atoms with Crippen LogP contribution in [0.25, 0.3) is 17.0 Å². The lowest BCUT2D eigenvalue weighted by Gasteiger charge is -2.14. The Morgan fingerprint density at radius 1 is 1.14 bits per heavy atom. The summed E-state index contributed by atoms with van der Waals surface area (Å²) in [5, 5.41) is 27.4. The average Bonchev–Trinajstić information content (AvgIpc) is 3.30. The molecule has 0 aliphatic heterocycles. The standard InChI is InChI=1S/C17H12F2N6O3/c1-8(9-2-3-11(18)12(19)4-9)25-14-13(6-21-25)22-17(23-15(14)26)24-7-10(5-20-24)16(27)28/h2-8H,1H3,(H,27,28)(H,22,23,26)/t8-/m0/s1. The SMILES string of the molecule is C[C@@H](c1ccc(F)c(F)c1)n1ncc2nc(-n3cc(C(=O)O)cn3)nc(O)c21. The number of carboxylic acids is 1. The summed E-state index contributed by atoms with van der Waals surface area (Å²) in [6.07, 6.45) is 3.71. The lowest BCUT2D eigenvalue weighted by Crippen LogP contribution is -2.10. The molecule has 0 spiro atoms. The zero-order chi connectivity index (χ0) is 20.0. The molecule has 0 saturated heterocycles. The molecule has 0 aliphatic carbocycles. The highest BCUT2D eigenvalue weighted by Gasteiger charge is 2.20. The number of carbonyl (C=O) groups is 1. The summed E-state index contributed by atoms with van der Waals surface area (Å²) in [5.74, 6) is -3.57. The van der Waals surface area contributed by atoms with Crippen molar-refractivity contribution in [3.63, 3.8) is 0 Å². The van der Waals surface area contributed by atoms with Gasteiger partial charge in [0.2, 0.25) is 5.88 Å². The quantitative estimate of drug-likeness (QED) is 0.552. The van der Waals surface area contributed by atoms with Gasteiger partial charge in [-0.25, -0.2) is 23.2 Å². The molecule has 0 radical (unpaired) electrons. The summed E-state index contributed by atoms with van der Waals surface area (Å²) < 4.78 is 29.2. The van der Waals surface area contributed by atoms with Crippen molar-refractivity contribution in [3.8, 4) is 11.8 Å². The van der Waals surface area contributed by atoms with E-state index in [-0.39, 0.29) is 22.5 Å². The van der Waals surface area contributed by atoms with E-state index in [1.165, 1.54) is 23.1 Å². The van der Waals surface area contributed by atoms with Gasteiger partial charge in [-0.1, -0.05) is 6.07 Å². The number of aromatic nitrogens is 6. The fourth-order valence-electron chi connectivity index (χ4n) is 2.78. The maximum absolute atomic E-state index is 13.5. The maximum atomic E-state index is 13.5. The lowest BCUT2D eigenvalue weighted by molar-refractivity contribution is 0.0697. The third kappa shape index (κ3) is 2.82. The van der Waals surface area contributed by atoms with Crippen molar-refractivity contribution >= 4 is 17.0 Å². The Hall–Kier alpha value is -3.89. The lowest BCUT2D eigenvalue weighted by atomic mass is 10.1. The van der Waals surface area contributed by atoms with Crippen LogP contribution in [0, 0.1) is 11.6 Å². The molecule has 3 heterocycles. The Kier molecular flexibility index (Phi) is 3.99. The van der Waals surface area contributed by atoms with Crippen molar-refractivity contribution in [2.24, 2.45) is 0 Å². The molecule has 0 bridgehead atoms.